The van der Waals surface area contributed by atoms with E-state index in [0.29, 0.717) is 5.41 Å². The highest BCUT2D eigenvalue weighted by Crippen LogP contribution is 2.46. The zero-order valence-corrected chi connectivity index (χ0v) is 20.8. The molecule has 1 nitrogen and oxygen atoms in total. The molecule has 3 atom stereocenters. The van der Waals surface area contributed by atoms with Gasteiger partial charge in [-0.3, -0.25) is 0 Å². The van der Waals surface area contributed by atoms with Crippen molar-refractivity contribution in [1.82, 2.24) is 0 Å². The molecule has 3 unspecified atom stereocenters. The van der Waals surface area contributed by atoms with Crippen molar-refractivity contribution < 1.29 is 0 Å². The molecule has 0 aromatic rings. The van der Waals surface area contributed by atoms with Crippen LogP contribution in [0, 0.1) is 17.3 Å². The fourth-order valence-electron chi connectivity index (χ4n) is 5.40. The maximum Gasteiger partial charge on any atom is -0.00771 e. The summed E-state index contributed by atoms with van der Waals surface area (Å²) in [6, 6.07) is 0. The first kappa shape index (κ1) is 27.0. The smallest absolute Gasteiger partial charge is 0.00771 e. The van der Waals surface area contributed by atoms with Crippen LogP contribution in [0.4, 0.5) is 0 Å². The summed E-state index contributed by atoms with van der Waals surface area (Å²) in [4.78, 5) is 0. The van der Waals surface area contributed by atoms with Crippen molar-refractivity contribution in [2.45, 2.75) is 156 Å². The van der Waals surface area contributed by atoms with E-state index in [4.69, 9.17) is 5.73 Å². The van der Waals surface area contributed by atoms with Crippen molar-refractivity contribution in [1.29, 1.82) is 0 Å². The van der Waals surface area contributed by atoms with Gasteiger partial charge in [0.2, 0.25) is 0 Å². The third-order valence-electron chi connectivity index (χ3n) is 7.72. The average molecular weight is 408 g/mol. The van der Waals surface area contributed by atoms with Crippen LogP contribution in [0.15, 0.2) is 0 Å². The van der Waals surface area contributed by atoms with Gasteiger partial charge in [0, 0.05) is 0 Å². The average Bonchev–Trinajstić information content (AvgIpc) is 3.47. The molecule has 0 radical (unpaired) electrons. The second kappa shape index (κ2) is 17.6. The summed E-state index contributed by atoms with van der Waals surface area (Å²) in [5, 5.41) is 0. The van der Waals surface area contributed by atoms with Crippen molar-refractivity contribution in [3.8, 4) is 0 Å². The van der Waals surface area contributed by atoms with Crippen LogP contribution in [-0.4, -0.2) is 6.54 Å². The molecule has 1 aliphatic carbocycles. The van der Waals surface area contributed by atoms with Crippen molar-refractivity contribution in [3.05, 3.63) is 0 Å². The van der Waals surface area contributed by atoms with E-state index >= 15 is 0 Å². The topological polar surface area (TPSA) is 26.0 Å². The fraction of sp³-hybridized carbons (Fsp3) is 1.00. The number of hydrogen-bond donors (Lipinski definition) is 1. The third kappa shape index (κ3) is 14.6. The Morgan fingerprint density at radius 2 is 1.00 bits per heavy atom. The van der Waals surface area contributed by atoms with E-state index in [0.717, 1.165) is 18.4 Å². The number of unbranched alkanes of at least 4 members (excludes halogenated alkanes) is 11. The molecule has 0 amide bonds. The summed E-state index contributed by atoms with van der Waals surface area (Å²) in [6.45, 7) is 8.05. The van der Waals surface area contributed by atoms with Gasteiger partial charge in [0.05, 0.1) is 0 Å². The second-order valence-corrected chi connectivity index (χ2v) is 10.8. The van der Waals surface area contributed by atoms with Gasteiger partial charge in [-0.25, -0.2) is 0 Å². The van der Waals surface area contributed by atoms with Crippen LogP contribution >= 0.6 is 0 Å². The van der Waals surface area contributed by atoms with E-state index in [1.807, 2.05) is 0 Å². The van der Waals surface area contributed by atoms with Crippen molar-refractivity contribution in [2.24, 2.45) is 23.0 Å². The number of hydrogen-bond acceptors (Lipinski definition) is 1. The molecule has 174 valence electrons. The molecular weight excluding hydrogens is 350 g/mol. The van der Waals surface area contributed by atoms with Gasteiger partial charge in [-0.05, 0) is 55.9 Å². The molecule has 1 fully saturated rings. The first-order valence-electron chi connectivity index (χ1n) is 13.8. The molecule has 0 spiro atoms. The minimum Gasteiger partial charge on any atom is -0.330 e. The molecule has 1 aliphatic rings. The van der Waals surface area contributed by atoms with Crippen LogP contribution in [0.1, 0.15) is 156 Å². The van der Waals surface area contributed by atoms with Gasteiger partial charge in [0.15, 0.2) is 0 Å². The van der Waals surface area contributed by atoms with E-state index in [1.54, 1.807) is 6.42 Å². The first-order chi connectivity index (χ1) is 14.1. The monoisotopic (exact) mass is 407 g/mol. The molecule has 2 N–H and O–H groups in total. The molecule has 0 aromatic carbocycles. The van der Waals surface area contributed by atoms with Crippen molar-refractivity contribution in [3.63, 3.8) is 0 Å². The predicted molar refractivity (Wildman–Crippen MR) is 132 cm³/mol. The van der Waals surface area contributed by atoms with Gasteiger partial charge in [-0.2, -0.15) is 0 Å². The fourth-order valence-corrected chi connectivity index (χ4v) is 5.40. The summed E-state index contributed by atoms with van der Waals surface area (Å²) >= 11 is 0. The lowest BCUT2D eigenvalue weighted by atomic mass is 9.76. The Hall–Kier alpha value is -0.0400. The summed E-state index contributed by atoms with van der Waals surface area (Å²) in [7, 11) is 0. The van der Waals surface area contributed by atoms with Gasteiger partial charge < -0.3 is 5.73 Å². The minimum atomic E-state index is 0.560. The lowest BCUT2D eigenvalue weighted by Gasteiger charge is -2.30. The second-order valence-electron chi connectivity index (χ2n) is 10.8. The molecule has 0 heterocycles. The van der Waals surface area contributed by atoms with E-state index in [-0.39, 0.29) is 0 Å². The van der Waals surface area contributed by atoms with Gasteiger partial charge in [0.25, 0.3) is 0 Å². The molecule has 0 aliphatic heterocycles. The first-order valence-corrected chi connectivity index (χ1v) is 13.8. The normalized spacial score (nSPS) is 20.7. The number of nitrogens with two attached hydrogens (primary N) is 1. The molecule has 1 rings (SSSR count). The zero-order chi connectivity index (χ0) is 21.2. The van der Waals surface area contributed by atoms with Crippen LogP contribution in [-0.2, 0) is 0 Å². The van der Waals surface area contributed by atoms with Gasteiger partial charge in [0.1, 0.15) is 0 Å². The Morgan fingerprint density at radius 3 is 1.52 bits per heavy atom. The molecule has 1 heteroatoms. The number of rotatable bonds is 22. The SMILES string of the molecule is CCCCCCCCCC(C)(CCCN)CCCCCC1CC1CCCCCC. The summed E-state index contributed by atoms with van der Waals surface area (Å²) in [5.41, 5.74) is 6.40. The van der Waals surface area contributed by atoms with Crippen LogP contribution in [0.25, 0.3) is 0 Å². The Labute approximate surface area is 185 Å². The van der Waals surface area contributed by atoms with Crippen molar-refractivity contribution in [2.75, 3.05) is 6.54 Å². The molecular formula is C28H57N. The van der Waals surface area contributed by atoms with Crippen LogP contribution in [0.2, 0.25) is 0 Å². The van der Waals surface area contributed by atoms with Gasteiger partial charge >= 0.3 is 0 Å². The molecule has 29 heavy (non-hydrogen) atoms. The lowest BCUT2D eigenvalue weighted by Crippen LogP contribution is -2.18. The maximum atomic E-state index is 5.84. The Balaban J connectivity index is 2.07. The van der Waals surface area contributed by atoms with E-state index in [9.17, 15) is 0 Å². The Bertz CT molecular complexity index is 352. The van der Waals surface area contributed by atoms with E-state index < -0.39 is 0 Å². The molecule has 0 aromatic heterocycles. The largest absolute Gasteiger partial charge is 0.330 e. The van der Waals surface area contributed by atoms with Crippen molar-refractivity contribution >= 4 is 0 Å². The van der Waals surface area contributed by atoms with Crippen LogP contribution in [0.3, 0.4) is 0 Å². The highest BCUT2D eigenvalue weighted by Gasteiger charge is 2.35. The highest BCUT2D eigenvalue weighted by atomic mass is 14.5. The van der Waals surface area contributed by atoms with Crippen LogP contribution in [0.5, 0.6) is 0 Å². The standard InChI is InChI=1S/C28H57N/c1-4-6-8-10-11-12-16-21-28(3,23-18-24-29)22-17-13-15-20-27-25-26(27)19-14-9-7-5-2/h26-27H,4-25,29H2,1-3H3. The summed E-state index contributed by atoms with van der Waals surface area (Å²) in [5.74, 6) is 2.21. The van der Waals surface area contributed by atoms with E-state index in [1.165, 1.54) is 128 Å². The van der Waals surface area contributed by atoms with Crippen LogP contribution < -0.4 is 5.73 Å². The predicted octanol–water partition coefficient (Wildman–Crippen LogP) is 9.43. The Morgan fingerprint density at radius 1 is 0.586 bits per heavy atom. The summed E-state index contributed by atoms with van der Waals surface area (Å²) < 4.78 is 0. The van der Waals surface area contributed by atoms with Gasteiger partial charge in [-0.1, -0.05) is 124 Å². The highest BCUT2D eigenvalue weighted by molar-refractivity contribution is 4.85. The zero-order valence-electron chi connectivity index (χ0n) is 20.8. The van der Waals surface area contributed by atoms with Gasteiger partial charge in [-0.15, -0.1) is 0 Å². The molecule has 0 bridgehead atoms. The summed E-state index contributed by atoms with van der Waals surface area (Å²) in [6.07, 6.45) is 30.3. The maximum absolute atomic E-state index is 5.84. The lowest BCUT2D eigenvalue weighted by molar-refractivity contribution is 0.226. The molecule has 1 saturated carbocycles. The third-order valence-corrected chi connectivity index (χ3v) is 7.72. The quantitative estimate of drug-likeness (QED) is 0.178. The minimum absolute atomic E-state index is 0.560. The Kier molecular flexibility index (Phi) is 16.4. The molecule has 0 saturated heterocycles. The van der Waals surface area contributed by atoms with E-state index in [2.05, 4.69) is 20.8 Å².